The van der Waals surface area contributed by atoms with Crippen LogP contribution in [-0.2, 0) is 15.7 Å². The van der Waals surface area contributed by atoms with Gasteiger partial charge in [-0.25, -0.2) is 4.39 Å². The molecule has 2 aliphatic rings. The monoisotopic (exact) mass is 553 g/mol. The minimum absolute atomic E-state index is 0.0269. The van der Waals surface area contributed by atoms with Crippen molar-refractivity contribution in [2.45, 2.75) is 59.4 Å². The summed E-state index contributed by atoms with van der Waals surface area (Å²) in [5.74, 6) is -0.905. The molecule has 8 nitrogen and oxygen atoms in total. The first kappa shape index (κ1) is 29.5. The third kappa shape index (κ3) is 5.44. The number of carbonyl (C=O) groups is 2. The van der Waals surface area contributed by atoms with E-state index in [-0.39, 0.29) is 53.2 Å². The molecule has 1 amide bonds. The summed E-state index contributed by atoms with van der Waals surface area (Å²) in [6.07, 6.45) is 0. The van der Waals surface area contributed by atoms with E-state index in [1.54, 1.807) is 28.9 Å². The maximum absolute atomic E-state index is 15.8. The second-order valence-electron chi connectivity index (χ2n) is 11.7. The van der Waals surface area contributed by atoms with Crippen LogP contribution in [0.2, 0.25) is 0 Å². The summed E-state index contributed by atoms with van der Waals surface area (Å²) in [5, 5.41) is 8.89. The number of fused-ring (bicyclic) bond motifs is 1. The lowest BCUT2D eigenvalue weighted by Crippen LogP contribution is -2.42. The van der Waals surface area contributed by atoms with Gasteiger partial charge in [-0.05, 0) is 68.5 Å². The van der Waals surface area contributed by atoms with Gasteiger partial charge < -0.3 is 24.0 Å². The fourth-order valence-electron chi connectivity index (χ4n) is 5.23. The van der Waals surface area contributed by atoms with Crippen LogP contribution in [0.25, 0.3) is 0 Å². The van der Waals surface area contributed by atoms with Crippen molar-refractivity contribution in [3.8, 4) is 11.5 Å². The number of hydrogen-bond donors (Lipinski definition) is 1. The molecule has 216 valence electrons. The minimum Gasteiger partial charge on any atom is -0.490 e. The standard InChI is InChI=1S/C31H40FN3O5/c1-8-39-24-17-22-25(26(32)27(24)40-9-2)28(33)35(31(22,6)7)18-23(36)19-14-20(16-21(15-19)30(3,4)5)29(37)34-10-12-38-13-11-34/h14-17,33H,8-13,18H2,1-7H3. The molecule has 1 saturated heterocycles. The number of carbonyl (C=O) groups excluding carboxylic acids is 2. The highest BCUT2D eigenvalue weighted by Gasteiger charge is 2.45. The summed E-state index contributed by atoms with van der Waals surface area (Å²) in [4.78, 5) is 30.5. The van der Waals surface area contributed by atoms with Crippen LogP contribution < -0.4 is 9.47 Å². The number of amidine groups is 1. The summed E-state index contributed by atoms with van der Waals surface area (Å²) in [6, 6.07) is 7.02. The Kier molecular flexibility index (Phi) is 8.26. The lowest BCUT2D eigenvalue weighted by atomic mass is 9.84. The predicted octanol–water partition coefficient (Wildman–Crippen LogP) is 5.15. The Morgan fingerprint density at radius 3 is 2.25 bits per heavy atom. The van der Waals surface area contributed by atoms with Gasteiger partial charge in [0, 0.05) is 24.2 Å². The molecule has 0 unspecified atom stereocenters. The fraction of sp³-hybridized carbons (Fsp3) is 0.516. The van der Waals surface area contributed by atoms with Crippen molar-refractivity contribution in [1.82, 2.24) is 9.80 Å². The number of Topliss-reactive ketones (excluding diaryl/α,β-unsaturated/α-hetero) is 1. The van der Waals surface area contributed by atoms with Crippen molar-refractivity contribution in [1.29, 1.82) is 5.41 Å². The first-order valence-electron chi connectivity index (χ1n) is 13.9. The van der Waals surface area contributed by atoms with Crippen LogP contribution in [0.5, 0.6) is 11.5 Å². The molecular weight excluding hydrogens is 513 g/mol. The minimum atomic E-state index is -0.867. The van der Waals surface area contributed by atoms with E-state index in [2.05, 4.69) is 0 Å². The van der Waals surface area contributed by atoms with Crippen molar-refractivity contribution >= 4 is 17.5 Å². The number of nitrogens with zero attached hydrogens (tertiary/aromatic N) is 2. The SMILES string of the molecule is CCOc1cc2c(c(F)c1OCC)C(=N)N(CC(=O)c1cc(C(=O)N3CCOCC3)cc(C(C)(C)C)c1)C2(C)C. The molecule has 0 radical (unpaired) electrons. The maximum Gasteiger partial charge on any atom is 0.254 e. The number of benzene rings is 2. The molecular formula is C31H40FN3O5. The molecule has 40 heavy (non-hydrogen) atoms. The molecule has 4 rings (SSSR count). The molecule has 9 heteroatoms. The van der Waals surface area contributed by atoms with Crippen molar-refractivity contribution in [2.75, 3.05) is 46.1 Å². The highest BCUT2D eigenvalue weighted by atomic mass is 19.1. The van der Waals surface area contributed by atoms with E-state index >= 15 is 4.39 Å². The Hall–Kier alpha value is -3.46. The Morgan fingerprint density at radius 2 is 1.65 bits per heavy atom. The number of hydrogen-bond acceptors (Lipinski definition) is 6. The number of rotatable bonds is 8. The molecule has 0 aliphatic carbocycles. The summed E-state index contributed by atoms with van der Waals surface area (Å²) in [6.45, 7) is 15.7. The lowest BCUT2D eigenvalue weighted by Gasteiger charge is -2.33. The van der Waals surface area contributed by atoms with Gasteiger partial charge >= 0.3 is 0 Å². The van der Waals surface area contributed by atoms with Crippen LogP contribution in [0.1, 0.15) is 85.9 Å². The maximum atomic E-state index is 15.8. The van der Waals surface area contributed by atoms with E-state index in [1.165, 1.54) is 0 Å². The predicted molar refractivity (Wildman–Crippen MR) is 151 cm³/mol. The zero-order valence-electron chi connectivity index (χ0n) is 24.6. The second-order valence-corrected chi connectivity index (χ2v) is 11.7. The summed E-state index contributed by atoms with van der Waals surface area (Å²) in [7, 11) is 0. The third-order valence-corrected chi connectivity index (χ3v) is 7.58. The molecule has 0 aromatic heterocycles. The quantitative estimate of drug-likeness (QED) is 0.455. The number of halogens is 1. The normalized spacial score (nSPS) is 16.6. The van der Waals surface area contributed by atoms with E-state index in [0.717, 1.165) is 5.56 Å². The zero-order valence-corrected chi connectivity index (χ0v) is 24.6. The highest BCUT2D eigenvalue weighted by Crippen LogP contribution is 2.46. The van der Waals surface area contributed by atoms with Crippen molar-refractivity contribution in [3.63, 3.8) is 0 Å². The Balaban J connectivity index is 1.70. The number of morpholine rings is 1. The van der Waals surface area contributed by atoms with Crippen LogP contribution in [0.4, 0.5) is 4.39 Å². The Morgan fingerprint density at radius 1 is 1.02 bits per heavy atom. The molecule has 0 atom stereocenters. The summed E-state index contributed by atoms with van der Waals surface area (Å²) < 4.78 is 32.4. The van der Waals surface area contributed by atoms with Crippen LogP contribution in [0.3, 0.4) is 0 Å². The Bertz CT molecular complexity index is 1330. The average Bonchev–Trinajstić information content (AvgIpc) is 3.10. The van der Waals surface area contributed by atoms with Crippen molar-refractivity contribution in [3.05, 3.63) is 57.9 Å². The summed E-state index contributed by atoms with van der Waals surface area (Å²) >= 11 is 0. The highest BCUT2D eigenvalue weighted by molar-refractivity contribution is 6.07. The van der Waals surface area contributed by atoms with Gasteiger partial charge in [-0.15, -0.1) is 0 Å². The molecule has 0 saturated carbocycles. The molecule has 1 fully saturated rings. The first-order valence-corrected chi connectivity index (χ1v) is 13.9. The van der Waals surface area contributed by atoms with Gasteiger partial charge in [-0.2, -0.15) is 0 Å². The molecule has 0 bridgehead atoms. The van der Waals surface area contributed by atoms with Gasteiger partial charge in [0.05, 0.1) is 44.1 Å². The molecule has 0 spiro atoms. The molecule has 2 aliphatic heterocycles. The van der Waals surface area contributed by atoms with E-state index in [0.29, 0.717) is 49.6 Å². The second kappa shape index (κ2) is 11.2. The van der Waals surface area contributed by atoms with E-state index in [9.17, 15) is 9.59 Å². The number of nitrogens with one attached hydrogen (secondary N) is 1. The molecule has 2 aromatic rings. The number of ketones is 1. The number of amides is 1. The van der Waals surface area contributed by atoms with Gasteiger partial charge in [0.2, 0.25) is 0 Å². The van der Waals surface area contributed by atoms with Gasteiger partial charge in [0.15, 0.2) is 23.1 Å². The molecule has 2 aromatic carbocycles. The molecule has 2 heterocycles. The van der Waals surface area contributed by atoms with Gasteiger partial charge in [0.1, 0.15) is 5.84 Å². The van der Waals surface area contributed by atoms with Gasteiger partial charge in [-0.1, -0.05) is 20.8 Å². The van der Waals surface area contributed by atoms with Crippen molar-refractivity contribution < 1.29 is 28.2 Å². The van der Waals surface area contributed by atoms with Gasteiger partial charge in [0.25, 0.3) is 5.91 Å². The fourth-order valence-corrected chi connectivity index (χ4v) is 5.23. The first-order chi connectivity index (χ1) is 18.8. The van der Waals surface area contributed by atoms with Crippen LogP contribution in [0.15, 0.2) is 24.3 Å². The van der Waals surface area contributed by atoms with Crippen LogP contribution >= 0.6 is 0 Å². The topological polar surface area (TPSA) is 92.2 Å². The van der Waals surface area contributed by atoms with E-state index < -0.39 is 11.4 Å². The van der Waals surface area contributed by atoms with Crippen molar-refractivity contribution in [2.24, 2.45) is 0 Å². The zero-order chi connectivity index (χ0) is 29.4. The lowest BCUT2D eigenvalue weighted by molar-refractivity contribution is 0.0303. The Labute approximate surface area is 235 Å². The number of ether oxygens (including phenoxy) is 3. The van der Waals surface area contributed by atoms with Crippen LogP contribution in [0, 0.1) is 11.2 Å². The summed E-state index contributed by atoms with van der Waals surface area (Å²) in [5.41, 5.74) is 1.19. The average molecular weight is 554 g/mol. The largest absolute Gasteiger partial charge is 0.490 e. The van der Waals surface area contributed by atoms with E-state index in [1.807, 2.05) is 53.7 Å². The molecule has 1 N–H and O–H groups in total. The van der Waals surface area contributed by atoms with Crippen LogP contribution in [-0.4, -0.2) is 73.4 Å². The van der Waals surface area contributed by atoms with Gasteiger partial charge in [-0.3, -0.25) is 15.0 Å². The van der Waals surface area contributed by atoms with E-state index in [4.69, 9.17) is 19.6 Å². The smallest absolute Gasteiger partial charge is 0.254 e. The third-order valence-electron chi connectivity index (χ3n) is 7.58.